The molecule has 2 aliphatic carbocycles. The van der Waals surface area contributed by atoms with E-state index in [0.717, 1.165) is 18.4 Å². The Morgan fingerprint density at radius 1 is 1.29 bits per heavy atom. The van der Waals surface area contributed by atoms with Crippen LogP contribution in [0, 0.1) is 16.0 Å². The maximum absolute atomic E-state index is 12.8. The van der Waals surface area contributed by atoms with Gasteiger partial charge >= 0.3 is 0 Å². The molecule has 3 fully saturated rings. The maximum atomic E-state index is 12.8. The summed E-state index contributed by atoms with van der Waals surface area (Å²) in [4.78, 5) is 28.0. The molecule has 4 rings (SSSR count). The first-order chi connectivity index (χ1) is 13.6. The van der Waals surface area contributed by atoms with Gasteiger partial charge in [0.25, 0.3) is 0 Å². The van der Waals surface area contributed by atoms with Gasteiger partial charge in [-0.1, -0.05) is 6.07 Å². The first-order valence-corrected chi connectivity index (χ1v) is 10.1. The molecule has 152 valence electrons. The number of fused-ring (bicyclic) bond motifs is 1. The highest BCUT2D eigenvalue weighted by atomic mass is 16.6. The van der Waals surface area contributed by atoms with Crippen LogP contribution in [0.15, 0.2) is 18.3 Å². The van der Waals surface area contributed by atoms with Gasteiger partial charge in [0.2, 0.25) is 17.8 Å². The number of nitrogens with zero attached hydrogens (tertiary/aromatic N) is 2. The Morgan fingerprint density at radius 2 is 2.11 bits per heavy atom. The molecule has 3 N–H and O–H groups in total. The van der Waals surface area contributed by atoms with Gasteiger partial charge in [-0.05, 0) is 38.2 Å². The van der Waals surface area contributed by atoms with E-state index < -0.39 is 12.1 Å². The zero-order chi connectivity index (χ0) is 19.5. The van der Waals surface area contributed by atoms with Gasteiger partial charge < -0.3 is 10.1 Å². The molecule has 1 saturated heterocycles. The Hall–Kier alpha value is -2.26. The molecule has 28 heavy (non-hydrogen) atoms. The topological polar surface area (TPSA) is 118 Å². The summed E-state index contributed by atoms with van der Waals surface area (Å²) in [7, 11) is 0. The summed E-state index contributed by atoms with van der Waals surface area (Å²) < 4.78 is 6.03. The Kier molecular flexibility index (Phi) is 5.72. The van der Waals surface area contributed by atoms with Crippen LogP contribution in [0.25, 0.3) is 0 Å². The van der Waals surface area contributed by atoms with Crippen LogP contribution in [0.2, 0.25) is 0 Å². The molecule has 0 radical (unpaired) electrons. The van der Waals surface area contributed by atoms with E-state index in [-0.39, 0.29) is 28.9 Å². The second kappa shape index (κ2) is 8.40. The Labute approximate surface area is 163 Å². The van der Waals surface area contributed by atoms with E-state index in [1.165, 1.54) is 12.8 Å². The van der Waals surface area contributed by atoms with Crippen LogP contribution < -0.4 is 20.9 Å². The number of carbonyl (C=O) groups is 1. The van der Waals surface area contributed by atoms with Crippen molar-refractivity contribution in [2.24, 2.45) is 5.92 Å². The quantitative estimate of drug-likeness (QED) is 0.496. The van der Waals surface area contributed by atoms with Gasteiger partial charge in [-0.2, -0.15) is 0 Å². The number of amides is 1. The molecule has 0 aromatic carbocycles. The van der Waals surface area contributed by atoms with Gasteiger partial charge in [0, 0.05) is 48.0 Å². The first kappa shape index (κ1) is 19.1. The number of nitrogens with one attached hydrogen (secondary N) is 3. The fourth-order valence-corrected chi connectivity index (χ4v) is 4.61. The average Bonchev–Trinajstić information content (AvgIpc) is 3.36. The number of hydrazine groups is 1. The highest BCUT2D eigenvalue weighted by molar-refractivity contribution is 5.82. The van der Waals surface area contributed by atoms with Crippen molar-refractivity contribution in [2.45, 2.75) is 75.7 Å². The lowest BCUT2D eigenvalue weighted by Gasteiger charge is -2.28. The number of pyridine rings is 1. The van der Waals surface area contributed by atoms with Crippen molar-refractivity contribution in [1.29, 1.82) is 0 Å². The van der Waals surface area contributed by atoms with E-state index in [1.54, 1.807) is 6.20 Å². The van der Waals surface area contributed by atoms with Crippen molar-refractivity contribution >= 4 is 5.91 Å². The smallest absolute Gasteiger partial charge is 0.239 e. The molecule has 2 heterocycles. The van der Waals surface area contributed by atoms with Crippen molar-refractivity contribution in [3.8, 4) is 5.88 Å². The molecular weight excluding hydrogens is 362 g/mol. The first-order valence-electron chi connectivity index (χ1n) is 10.1. The summed E-state index contributed by atoms with van der Waals surface area (Å²) >= 11 is 0. The van der Waals surface area contributed by atoms with Crippen LogP contribution >= 0.6 is 0 Å². The fraction of sp³-hybridized carbons (Fsp3) is 0.684. The summed E-state index contributed by atoms with van der Waals surface area (Å²) in [6.07, 6.45) is 8.01. The van der Waals surface area contributed by atoms with E-state index in [1.807, 2.05) is 12.1 Å². The van der Waals surface area contributed by atoms with Gasteiger partial charge in [-0.25, -0.2) is 10.4 Å². The lowest BCUT2D eigenvalue weighted by Crippen LogP contribution is -2.46. The molecule has 0 bridgehead atoms. The van der Waals surface area contributed by atoms with E-state index in [0.29, 0.717) is 31.7 Å². The van der Waals surface area contributed by atoms with Crippen LogP contribution in [0.5, 0.6) is 5.88 Å². The maximum Gasteiger partial charge on any atom is 0.239 e. The van der Waals surface area contributed by atoms with Crippen LogP contribution in [-0.2, 0) is 11.3 Å². The molecule has 9 nitrogen and oxygen atoms in total. The molecule has 1 amide bonds. The van der Waals surface area contributed by atoms with E-state index in [4.69, 9.17) is 4.74 Å². The summed E-state index contributed by atoms with van der Waals surface area (Å²) in [5.41, 5.74) is 7.02. The molecule has 9 heteroatoms. The number of hydrogen-bond donors (Lipinski definition) is 3. The van der Waals surface area contributed by atoms with Gasteiger partial charge in [0.05, 0.1) is 0 Å². The number of ether oxygens (including phenoxy) is 1. The lowest BCUT2D eigenvalue weighted by atomic mass is 9.79. The third-order valence-electron chi connectivity index (χ3n) is 6.19. The van der Waals surface area contributed by atoms with Crippen LogP contribution in [-0.4, -0.2) is 40.0 Å². The van der Waals surface area contributed by atoms with Crippen molar-refractivity contribution in [3.63, 3.8) is 0 Å². The second-order valence-electron chi connectivity index (χ2n) is 8.00. The Balaban J connectivity index is 1.36. The number of nitro groups is 1. The monoisotopic (exact) mass is 389 g/mol. The SMILES string of the molecule is O=C(NCc1cccnc1OC1CCCC1)C1NNC2CCC([N+](=O)[O-])CC21. The molecule has 1 aromatic rings. The van der Waals surface area contributed by atoms with E-state index in [9.17, 15) is 14.9 Å². The standard InChI is InChI=1S/C19H27N5O4/c25-18(17-15-10-13(24(26)27)7-8-16(15)22-23-17)21-11-12-4-3-9-20-19(12)28-14-5-1-2-6-14/h3-4,9,13-17,22-23H,1-2,5-8,10-11H2,(H,21,25). The van der Waals surface area contributed by atoms with Gasteiger partial charge in [0.1, 0.15) is 12.1 Å². The van der Waals surface area contributed by atoms with Gasteiger partial charge in [-0.15, -0.1) is 0 Å². The Morgan fingerprint density at radius 3 is 2.89 bits per heavy atom. The zero-order valence-corrected chi connectivity index (χ0v) is 15.8. The minimum atomic E-state index is -0.567. The number of aromatic nitrogens is 1. The van der Waals surface area contributed by atoms with E-state index >= 15 is 0 Å². The highest BCUT2D eigenvalue weighted by Crippen LogP contribution is 2.32. The third kappa shape index (κ3) is 4.10. The molecule has 3 aliphatic rings. The predicted octanol–water partition coefficient (Wildman–Crippen LogP) is 1.31. The summed E-state index contributed by atoms with van der Waals surface area (Å²) in [5.74, 6) is 0.350. The minimum Gasteiger partial charge on any atom is -0.474 e. The summed E-state index contributed by atoms with van der Waals surface area (Å²) in [5, 5.41) is 14.1. The molecule has 1 aromatic heterocycles. The highest BCUT2D eigenvalue weighted by Gasteiger charge is 2.46. The summed E-state index contributed by atoms with van der Waals surface area (Å²) in [6, 6.07) is 2.81. The van der Waals surface area contributed by atoms with Crippen molar-refractivity contribution < 1.29 is 14.5 Å². The molecule has 1 aliphatic heterocycles. The van der Waals surface area contributed by atoms with Crippen molar-refractivity contribution in [2.75, 3.05) is 0 Å². The lowest BCUT2D eigenvalue weighted by molar-refractivity contribution is -0.528. The molecule has 4 atom stereocenters. The zero-order valence-electron chi connectivity index (χ0n) is 15.8. The second-order valence-corrected chi connectivity index (χ2v) is 8.00. The normalized spacial score (nSPS) is 30.0. The van der Waals surface area contributed by atoms with Gasteiger partial charge in [0.15, 0.2) is 0 Å². The van der Waals surface area contributed by atoms with Gasteiger partial charge in [-0.3, -0.25) is 20.3 Å². The van der Waals surface area contributed by atoms with Crippen molar-refractivity contribution in [1.82, 2.24) is 21.2 Å². The average molecular weight is 389 g/mol. The molecule has 4 unspecified atom stereocenters. The van der Waals surface area contributed by atoms with Crippen LogP contribution in [0.3, 0.4) is 0 Å². The van der Waals surface area contributed by atoms with Crippen molar-refractivity contribution in [3.05, 3.63) is 34.0 Å². The largest absolute Gasteiger partial charge is 0.474 e. The third-order valence-corrected chi connectivity index (χ3v) is 6.19. The minimum absolute atomic E-state index is 0.0766. The van der Waals surface area contributed by atoms with Crippen LogP contribution in [0.1, 0.15) is 50.5 Å². The Bertz CT molecular complexity index is 724. The molecule has 2 saturated carbocycles. The fourth-order valence-electron chi connectivity index (χ4n) is 4.61. The summed E-state index contributed by atoms with van der Waals surface area (Å²) in [6.45, 7) is 0.322. The predicted molar refractivity (Wildman–Crippen MR) is 101 cm³/mol. The molecule has 0 spiro atoms. The number of hydrogen-bond acceptors (Lipinski definition) is 7. The number of rotatable bonds is 6. The van der Waals surface area contributed by atoms with E-state index in [2.05, 4.69) is 21.2 Å². The van der Waals surface area contributed by atoms with Crippen LogP contribution in [0.4, 0.5) is 0 Å². The number of carbonyl (C=O) groups excluding carboxylic acids is 1. The molecular formula is C19H27N5O4.